The monoisotopic (exact) mass is 383 g/mol. The van der Waals surface area contributed by atoms with E-state index in [4.69, 9.17) is 11.6 Å². The molecule has 2 aromatic carbocycles. The van der Waals surface area contributed by atoms with Gasteiger partial charge in [0, 0.05) is 17.5 Å². The smallest absolute Gasteiger partial charge is 0.250 e. The third kappa shape index (κ3) is 5.00. The van der Waals surface area contributed by atoms with Gasteiger partial charge >= 0.3 is 0 Å². The lowest BCUT2D eigenvalue weighted by molar-refractivity contribution is -0.111. The molecule has 3 rings (SSSR count). The van der Waals surface area contributed by atoms with E-state index >= 15 is 0 Å². The van der Waals surface area contributed by atoms with Crippen molar-refractivity contribution in [3.63, 3.8) is 0 Å². The van der Waals surface area contributed by atoms with Crippen molar-refractivity contribution in [2.45, 2.75) is 19.3 Å². The van der Waals surface area contributed by atoms with Crippen molar-refractivity contribution in [1.82, 2.24) is 10.2 Å². The van der Waals surface area contributed by atoms with Crippen molar-refractivity contribution >= 4 is 40.1 Å². The fourth-order valence-electron chi connectivity index (χ4n) is 2.47. The highest BCUT2D eigenvalue weighted by molar-refractivity contribution is 7.15. The molecule has 132 valence electrons. The molecule has 6 heteroatoms. The molecule has 0 saturated carbocycles. The van der Waals surface area contributed by atoms with Crippen LogP contribution in [-0.4, -0.2) is 16.1 Å². The number of anilines is 1. The molecule has 0 fully saturated rings. The SMILES string of the molecule is CC(Cc1nnc(NC(=O)/C=C/c2ccccc2Cl)s1)c1ccccc1. The van der Waals surface area contributed by atoms with Gasteiger partial charge in [0.05, 0.1) is 0 Å². The summed E-state index contributed by atoms with van der Waals surface area (Å²) < 4.78 is 0. The minimum absolute atomic E-state index is 0.260. The highest BCUT2D eigenvalue weighted by Gasteiger charge is 2.11. The number of nitrogens with zero attached hydrogens (tertiary/aromatic N) is 2. The van der Waals surface area contributed by atoms with E-state index < -0.39 is 0 Å². The van der Waals surface area contributed by atoms with E-state index in [1.165, 1.54) is 23.0 Å². The summed E-state index contributed by atoms with van der Waals surface area (Å²) in [5.41, 5.74) is 2.05. The molecule has 0 saturated heterocycles. The fourth-order valence-corrected chi connectivity index (χ4v) is 3.54. The van der Waals surface area contributed by atoms with Gasteiger partial charge in [-0.05, 0) is 29.2 Å². The normalized spacial score (nSPS) is 12.2. The molecule has 1 atom stereocenters. The predicted molar refractivity (Wildman–Crippen MR) is 108 cm³/mol. The Balaban J connectivity index is 1.58. The highest BCUT2D eigenvalue weighted by atomic mass is 35.5. The van der Waals surface area contributed by atoms with Crippen molar-refractivity contribution < 1.29 is 4.79 Å². The Morgan fingerprint density at radius 3 is 2.65 bits per heavy atom. The summed E-state index contributed by atoms with van der Waals surface area (Å²) in [5, 5.41) is 13.0. The van der Waals surface area contributed by atoms with Crippen LogP contribution in [-0.2, 0) is 11.2 Å². The van der Waals surface area contributed by atoms with Crippen molar-refractivity contribution in [1.29, 1.82) is 0 Å². The molecule has 4 nitrogen and oxygen atoms in total. The third-order valence-electron chi connectivity index (χ3n) is 3.87. The molecule has 0 aliphatic heterocycles. The van der Waals surface area contributed by atoms with Crippen LogP contribution in [0.15, 0.2) is 60.7 Å². The number of rotatable bonds is 6. The first kappa shape index (κ1) is 18.3. The Labute approximate surface area is 161 Å². The van der Waals surface area contributed by atoms with Gasteiger partial charge in [-0.3, -0.25) is 10.1 Å². The van der Waals surface area contributed by atoms with Crippen LogP contribution in [0.25, 0.3) is 6.08 Å². The maximum Gasteiger partial charge on any atom is 0.250 e. The standard InChI is InChI=1S/C20H18ClN3OS/c1-14(15-7-3-2-4-8-15)13-19-23-24-20(26-19)22-18(25)12-11-16-9-5-6-10-17(16)21/h2-12,14H,13H2,1H3,(H,22,24,25)/b12-11+. The van der Waals surface area contributed by atoms with Crippen LogP contribution >= 0.6 is 22.9 Å². The molecule has 26 heavy (non-hydrogen) atoms. The number of hydrogen-bond acceptors (Lipinski definition) is 4. The topological polar surface area (TPSA) is 54.9 Å². The molecule has 0 spiro atoms. The number of carbonyl (C=O) groups excluding carboxylic acids is 1. The Morgan fingerprint density at radius 2 is 1.88 bits per heavy atom. The Kier molecular flexibility index (Phi) is 6.15. The van der Waals surface area contributed by atoms with Gasteiger partial charge in [-0.25, -0.2) is 0 Å². The Hall–Kier alpha value is -2.50. The molecule has 0 aliphatic carbocycles. The minimum Gasteiger partial charge on any atom is -0.297 e. The zero-order valence-electron chi connectivity index (χ0n) is 14.2. The highest BCUT2D eigenvalue weighted by Crippen LogP contribution is 2.24. The summed E-state index contributed by atoms with van der Waals surface area (Å²) in [6.45, 7) is 2.15. The molecular weight excluding hydrogens is 366 g/mol. The van der Waals surface area contributed by atoms with Crippen LogP contribution in [0.2, 0.25) is 5.02 Å². The van der Waals surface area contributed by atoms with Crippen LogP contribution in [0.5, 0.6) is 0 Å². The summed E-state index contributed by atoms with van der Waals surface area (Å²) in [7, 11) is 0. The molecule has 1 aromatic heterocycles. The Morgan fingerprint density at radius 1 is 1.15 bits per heavy atom. The zero-order valence-corrected chi connectivity index (χ0v) is 15.8. The molecule has 0 radical (unpaired) electrons. The van der Waals surface area contributed by atoms with Gasteiger partial charge in [-0.1, -0.05) is 78.4 Å². The minimum atomic E-state index is -0.260. The summed E-state index contributed by atoms with van der Waals surface area (Å²) in [6.07, 6.45) is 3.90. The predicted octanol–water partition coefficient (Wildman–Crippen LogP) is 5.19. The van der Waals surface area contributed by atoms with Gasteiger partial charge in [0.25, 0.3) is 0 Å². The first-order valence-corrected chi connectivity index (χ1v) is 9.42. The number of carbonyl (C=O) groups is 1. The molecule has 1 N–H and O–H groups in total. The van der Waals surface area contributed by atoms with E-state index in [-0.39, 0.29) is 5.91 Å². The number of nitrogens with one attached hydrogen (secondary N) is 1. The lowest BCUT2D eigenvalue weighted by Crippen LogP contribution is -2.07. The Bertz CT molecular complexity index is 908. The molecule has 1 amide bonds. The van der Waals surface area contributed by atoms with Crippen LogP contribution in [0.3, 0.4) is 0 Å². The molecule has 3 aromatic rings. The van der Waals surface area contributed by atoms with Crippen LogP contribution in [0.1, 0.15) is 29.0 Å². The summed E-state index contributed by atoms with van der Waals surface area (Å²) >= 11 is 7.46. The number of aromatic nitrogens is 2. The molecule has 0 bridgehead atoms. The van der Waals surface area contributed by atoms with E-state index in [2.05, 4.69) is 34.6 Å². The summed E-state index contributed by atoms with van der Waals surface area (Å²) in [4.78, 5) is 12.0. The number of benzene rings is 2. The van der Waals surface area contributed by atoms with Gasteiger partial charge in [-0.15, -0.1) is 10.2 Å². The average Bonchev–Trinajstić information content (AvgIpc) is 3.08. The van der Waals surface area contributed by atoms with Gasteiger partial charge in [0.2, 0.25) is 11.0 Å². The fraction of sp³-hybridized carbons (Fsp3) is 0.150. The number of halogens is 1. The molecule has 1 heterocycles. The van der Waals surface area contributed by atoms with Gasteiger partial charge in [0.1, 0.15) is 5.01 Å². The average molecular weight is 384 g/mol. The van der Waals surface area contributed by atoms with Gasteiger partial charge < -0.3 is 0 Å². The van der Waals surface area contributed by atoms with E-state index in [1.807, 2.05) is 36.4 Å². The molecule has 0 aliphatic rings. The maximum atomic E-state index is 12.0. The van der Waals surface area contributed by atoms with Gasteiger partial charge in [0.15, 0.2) is 0 Å². The lowest BCUT2D eigenvalue weighted by atomic mass is 9.98. The second-order valence-corrected chi connectivity index (χ2v) is 7.33. The second-order valence-electron chi connectivity index (χ2n) is 5.86. The molecule has 1 unspecified atom stereocenters. The zero-order chi connectivity index (χ0) is 18.4. The van der Waals surface area contributed by atoms with E-state index in [1.54, 1.807) is 12.1 Å². The quantitative estimate of drug-likeness (QED) is 0.596. The second kappa shape index (κ2) is 8.74. The summed E-state index contributed by atoms with van der Waals surface area (Å²) in [6, 6.07) is 17.6. The van der Waals surface area contributed by atoms with E-state index in [0.717, 1.165) is 17.0 Å². The number of amides is 1. The van der Waals surface area contributed by atoms with Gasteiger partial charge in [-0.2, -0.15) is 0 Å². The van der Waals surface area contributed by atoms with Crippen LogP contribution < -0.4 is 5.32 Å². The number of hydrogen-bond donors (Lipinski definition) is 1. The van der Waals surface area contributed by atoms with Crippen molar-refractivity contribution in [2.24, 2.45) is 0 Å². The van der Waals surface area contributed by atoms with Crippen molar-refractivity contribution in [2.75, 3.05) is 5.32 Å². The first-order chi connectivity index (χ1) is 12.6. The van der Waals surface area contributed by atoms with E-state index in [9.17, 15) is 4.79 Å². The third-order valence-corrected chi connectivity index (χ3v) is 5.07. The van der Waals surface area contributed by atoms with Crippen molar-refractivity contribution in [3.05, 3.63) is 81.8 Å². The molecular formula is C20H18ClN3OS. The van der Waals surface area contributed by atoms with Crippen LogP contribution in [0, 0.1) is 0 Å². The first-order valence-electron chi connectivity index (χ1n) is 8.23. The van der Waals surface area contributed by atoms with Crippen LogP contribution in [0.4, 0.5) is 5.13 Å². The maximum absolute atomic E-state index is 12.0. The van der Waals surface area contributed by atoms with Crippen molar-refractivity contribution in [3.8, 4) is 0 Å². The van der Waals surface area contributed by atoms with E-state index in [0.29, 0.717) is 16.1 Å². The lowest BCUT2D eigenvalue weighted by Gasteiger charge is -2.08. The largest absolute Gasteiger partial charge is 0.297 e. The summed E-state index contributed by atoms with van der Waals surface area (Å²) in [5.74, 6) is 0.0801.